The van der Waals surface area contributed by atoms with Crippen molar-refractivity contribution >= 4 is 17.7 Å². The smallest absolute Gasteiger partial charge is 0.417 e. The lowest BCUT2D eigenvalue weighted by Crippen LogP contribution is -2.31. The van der Waals surface area contributed by atoms with Gasteiger partial charge in [0.15, 0.2) is 0 Å². The summed E-state index contributed by atoms with van der Waals surface area (Å²) in [6.45, 7) is 2.87. The standard InChI is InChI=1S/C18H19F3N2O2S/c1-3-23(11-13-4-7-15(25-2)8-5-13)17(24)12-26-16-9-6-14(10-22-16)18(19,20)21/h4-10H,3,11-12H2,1-2H3. The molecule has 0 bridgehead atoms. The van der Waals surface area contributed by atoms with Crippen LogP contribution in [0.2, 0.25) is 0 Å². The van der Waals surface area contributed by atoms with Crippen LogP contribution in [0.5, 0.6) is 5.75 Å². The number of alkyl halides is 3. The van der Waals surface area contributed by atoms with E-state index in [1.165, 1.54) is 6.07 Å². The van der Waals surface area contributed by atoms with Gasteiger partial charge >= 0.3 is 6.18 Å². The third kappa shape index (κ3) is 5.66. The number of hydrogen-bond donors (Lipinski definition) is 0. The van der Waals surface area contributed by atoms with E-state index in [9.17, 15) is 18.0 Å². The number of thioether (sulfide) groups is 1. The Morgan fingerprint density at radius 1 is 1.19 bits per heavy atom. The summed E-state index contributed by atoms with van der Waals surface area (Å²) in [7, 11) is 1.59. The Hall–Kier alpha value is -2.22. The quantitative estimate of drug-likeness (QED) is 0.670. The molecule has 1 aromatic heterocycles. The highest BCUT2D eigenvalue weighted by molar-refractivity contribution is 7.99. The first kappa shape index (κ1) is 20.1. The molecule has 26 heavy (non-hydrogen) atoms. The van der Waals surface area contributed by atoms with Crippen molar-refractivity contribution in [1.82, 2.24) is 9.88 Å². The molecule has 2 aromatic rings. The lowest BCUT2D eigenvalue weighted by atomic mass is 10.2. The molecule has 2 rings (SSSR count). The highest BCUT2D eigenvalue weighted by Gasteiger charge is 2.30. The van der Waals surface area contributed by atoms with E-state index in [1.807, 2.05) is 31.2 Å². The van der Waals surface area contributed by atoms with Gasteiger partial charge in [-0.1, -0.05) is 23.9 Å². The fourth-order valence-corrected chi connectivity index (χ4v) is 2.93. The number of methoxy groups -OCH3 is 1. The molecular weight excluding hydrogens is 365 g/mol. The van der Waals surface area contributed by atoms with E-state index in [0.717, 1.165) is 35.3 Å². The summed E-state index contributed by atoms with van der Waals surface area (Å²) in [4.78, 5) is 17.8. The van der Waals surface area contributed by atoms with E-state index in [2.05, 4.69) is 4.98 Å². The van der Waals surface area contributed by atoms with Gasteiger partial charge in [0.05, 0.1) is 23.5 Å². The zero-order chi connectivity index (χ0) is 19.2. The minimum atomic E-state index is -4.41. The van der Waals surface area contributed by atoms with Crippen LogP contribution in [-0.2, 0) is 17.5 Å². The first-order chi connectivity index (χ1) is 12.3. The topological polar surface area (TPSA) is 42.4 Å². The molecule has 8 heteroatoms. The fraction of sp³-hybridized carbons (Fsp3) is 0.333. The molecule has 0 aliphatic carbocycles. The van der Waals surface area contributed by atoms with E-state index >= 15 is 0 Å². The Morgan fingerprint density at radius 2 is 1.88 bits per heavy atom. The lowest BCUT2D eigenvalue weighted by molar-refractivity contribution is -0.138. The maximum absolute atomic E-state index is 12.5. The number of hydrogen-bond acceptors (Lipinski definition) is 4. The second-order valence-electron chi connectivity index (χ2n) is 5.43. The highest BCUT2D eigenvalue weighted by Crippen LogP contribution is 2.29. The monoisotopic (exact) mass is 384 g/mol. The first-order valence-electron chi connectivity index (χ1n) is 7.90. The summed E-state index contributed by atoms with van der Waals surface area (Å²) in [5, 5.41) is 0.381. The molecular formula is C18H19F3N2O2S. The van der Waals surface area contributed by atoms with E-state index in [0.29, 0.717) is 18.1 Å². The molecule has 1 aromatic carbocycles. The van der Waals surface area contributed by atoms with E-state index in [-0.39, 0.29) is 11.7 Å². The Morgan fingerprint density at radius 3 is 2.38 bits per heavy atom. The average molecular weight is 384 g/mol. The number of benzene rings is 1. The second kappa shape index (κ2) is 8.93. The SMILES string of the molecule is CCN(Cc1ccc(OC)cc1)C(=O)CSc1ccc(C(F)(F)F)cn1. The van der Waals surface area contributed by atoms with Crippen LogP contribution in [0.1, 0.15) is 18.1 Å². The molecule has 0 aliphatic heterocycles. The molecule has 0 unspecified atom stereocenters. The number of aromatic nitrogens is 1. The number of nitrogens with zero attached hydrogens (tertiary/aromatic N) is 2. The number of rotatable bonds is 7. The molecule has 1 amide bonds. The van der Waals surface area contributed by atoms with Crippen molar-refractivity contribution in [3.63, 3.8) is 0 Å². The van der Waals surface area contributed by atoms with Crippen molar-refractivity contribution in [2.45, 2.75) is 24.7 Å². The minimum absolute atomic E-state index is 0.102. The van der Waals surface area contributed by atoms with E-state index < -0.39 is 11.7 Å². The largest absolute Gasteiger partial charge is 0.497 e. The van der Waals surface area contributed by atoms with E-state index in [4.69, 9.17) is 4.74 Å². The summed E-state index contributed by atoms with van der Waals surface area (Å²) < 4.78 is 42.7. The molecule has 0 radical (unpaired) electrons. The highest BCUT2D eigenvalue weighted by atomic mass is 32.2. The zero-order valence-corrected chi connectivity index (χ0v) is 15.2. The van der Waals surface area contributed by atoms with Gasteiger partial charge < -0.3 is 9.64 Å². The number of amides is 1. The summed E-state index contributed by atoms with van der Waals surface area (Å²) >= 11 is 1.12. The fourth-order valence-electron chi connectivity index (χ4n) is 2.19. The number of halogens is 3. The van der Waals surface area contributed by atoms with Crippen molar-refractivity contribution in [3.05, 3.63) is 53.7 Å². The van der Waals surface area contributed by atoms with Crippen molar-refractivity contribution < 1.29 is 22.7 Å². The van der Waals surface area contributed by atoms with E-state index in [1.54, 1.807) is 12.0 Å². The van der Waals surface area contributed by atoms with Crippen LogP contribution in [0.15, 0.2) is 47.6 Å². The molecule has 0 atom stereocenters. The lowest BCUT2D eigenvalue weighted by Gasteiger charge is -2.21. The molecule has 0 saturated carbocycles. The van der Waals surface area contributed by atoms with Crippen LogP contribution in [0.3, 0.4) is 0 Å². The Kier molecular flexibility index (Phi) is 6.90. The maximum Gasteiger partial charge on any atom is 0.417 e. The molecule has 4 nitrogen and oxygen atoms in total. The van der Waals surface area contributed by atoms with Crippen molar-refractivity contribution in [1.29, 1.82) is 0 Å². The third-order valence-electron chi connectivity index (χ3n) is 3.67. The normalized spacial score (nSPS) is 11.3. The summed E-state index contributed by atoms with van der Waals surface area (Å²) in [6, 6.07) is 9.68. The van der Waals surface area contributed by atoms with Gasteiger partial charge in [-0.25, -0.2) is 4.98 Å². The number of carbonyl (C=O) groups is 1. The predicted octanol–water partition coefficient (Wildman–Crippen LogP) is 4.25. The second-order valence-corrected chi connectivity index (χ2v) is 6.42. The maximum atomic E-state index is 12.5. The van der Waals surface area contributed by atoms with Crippen LogP contribution < -0.4 is 4.74 Å². The zero-order valence-electron chi connectivity index (χ0n) is 14.4. The van der Waals surface area contributed by atoms with Gasteiger partial charge in [-0.3, -0.25) is 4.79 Å². The molecule has 0 fully saturated rings. The molecule has 0 N–H and O–H groups in total. The molecule has 0 saturated heterocycles. The van der Waals surface area contributed by atoms with Gasteiger partial charge in [-0.15, -0.1) is 0 Å². The Labute approximate surface area is 154 Å². The number of ether oxygens (including phenoxy) is 1. The van der Waals surface area contributed by atoms with Gasteiger partial charge in [-0.05, 0) is 36.8 Å². The molecule has 0 aliphatic rings. The van der Waals surface area contributed by atoms with Gasteiger partial charge in [0.25, 0.3) is 0 Å². The van der Waals surface area contributed by atoms with Crippen LogP contribution in [0.4, 0.5) is 13.2 Å². The van der Waals surface area contributed by atoms with Gasteiger partial charge in [-0.2, -0.15) is 13.2 Å². The van der Waals surface area contributed by atoms with Crippen LogP contribution in [-0.4, -0.2) is 35.2 Å². The summed E-state index contributed by atoms with van der Waals surface area (Å²) in [5.41, 5.74) is 0.168. The van der Waals surface area contributed by atoms with Crippen LogP contribution in [0, 0.1) is 0 Å². The summed E-state index contributed by atoms with van der Waals surface area (Å²) in [6.07, 6.45) is -3.63. The number of carbonyl (C=O) groups excluding carboxylic acids is 1. The Bertz CT molecular complexity index is 719. The van der Waals surface area contributed by atoms with Gasteiger partial charge in [0, 0.05) is 19.3 Å². The molecule has 140 valence electrons. The third-order valence-corrected chi connectivity index (χ3v) is 4.60. The molecule has 1 heterocycles. The van der Waals surface area contributed by atoms with Crippen molar-refractivity contribution in [2.24, 2.45) is 0 Å². The van der Waals surface area contributed by atoms with Crippen molar-refractivity contribution in [2.75, 3.05) is 19.4 Å². The summed E-state index contributed by atoms with van der Waals surface area (Å²) in [5.74, 6) is 0.754. The minimum Gasteiger partial charge on any atom is -0.497 e. The first-order valence-corrected chi connectivity index (χ1v) is 8.88. The average Bonchev–Trinajstić information content (AvgIpc) is 2.64. The van der Waals surface area contributed by atoms with Crippen molar-refractivity contribution in [3.8, 4) is 5.75 Å². The Balaban J connectivity index is 1.91. The number of pyridine rings is 1. The van der Waals surface area contributed by atoms with Gasteiger partial charge in [0.1, 0.15) is 5.75 Å². The predicted molar refractivity (Wildman–Crippen MR) is 94.0 cm³/mol. The van der Waals surface area contributed by atoms with Gasteiger partial charge in [0.2, 0.25) is 5.91 Å². The van der Waals surface area contributed by atoms with Crippen LogP contribution in [0.25, 0.3) is 0 Å². The molecule has 0 spiro atoms. The van der Waals surface area contributed by atoms with Crippen LogP contribution >= 0.6 is 11.8 Å².